The Labute approximate surface area is 117 Å². The molecule has 1 aromatic carbocycles. The quantitative estimate of drug-likeness (QED) is 0.656. The SMILES string of the molecule is Cc1ccc([C@H]2CC[C@H](C(C)(C)C)CCC2=O)cc1. The van der Waals surface area contributed by atoms with Crippen molar-refractivity contribution in [3.63, 3.8) is 0 Å². The Morgan fingerprint density at radius 3 is 2.21 bits per heavy atom. The molecule has 1 aliphatic rings. The Kier molecular flexibility index (Phi) is 4.13. The summed E-state index contributed by atoms with van der Waals surface area (Å²) in [6.07, 6.45) is 4.00. The molecule has 0 spiro atoms. The molecular weight excluding hydrogens is 232 g/mol. The van der Waals surface area contributed by atoms with Gasteiger partial charge in [0.1, 0.15) is 5.78 Å². The summed E-state index contributed by atoms with van der Waals surface area (Å²) < 4.78 is 0. The van der Waals surface area contributed by atoms with Crippen LogP contribution in [0.15, 0.2) is 24.3 Å². The third kappa shape index (κ3) is 3.46. The van der Waals surface area contributed by atoms with E-state index in [1.165, 1.54) is 17.5 Å². The van der Waals surface area contributed by atoms with Gasteiger partial charge in [-0.25, -0.2) is 0 Å². The van der Waals surface area contributed by atoms with Crippen molar-refractivity contribution in [1.29, 1.82) is 0 Å². The van der Waals surface area contributed by atoms with Gasteiger partial charge in [-0.3, -0.25) is 4.79 Å². The predicted molar refractivity (Wildman–Crippen MR) is 80.3 cm³/mol. The third-order valence-corrected chi connectivity index (χ3v) is 4.64. The molecule has 2 rings (SSSR count). The highest BCUT2D eigenvalue weighted by Gasteiger charge is 2.31. The monoisotopic (exact) mass is 258 g/mol. The van der Waals surface area contributed by atoms with Gasteiger partial charge < -0.3 is 0 Å². The summed E-state index contributed by atoms with van der Waals surface area (Å²) in [5, 5.41) is 0. The van der Waals surface area contributed by atoms with E-state index in [0.29, 0.717) is 17.1 Å². The van der Waals surface area contributed by atoms with Crippen molar-refractivity contribution < 1.29 is 4.79 Å². The first kappa shape index (κ1) is 14.3. The minimum Gasteiger partial charge on any atom is -0.299 e. The van der Waals surface area contributed by atoms with Crippen LogP contribution in [0.3, 0.4) is 0 Å². The van der Waals surface area contributed by atoms with Crippen LogP contribution < -0.4 is 0 Å². The Balaban J connectivity index is 2.15. The van der Waals surface area contributed by atoms with Crippen LogP contribution >= 0.6 is 0 Å². The second-order valence-corrected chi connectivity index (χ2v) is 7.11. The summed E-state index contributed by atoms with van der Waals surface area (Å²) in [7, 11) is 0. The van der Waals surface area contributed by atoms with Gasteiger partial charge in [0.2, 0.25) is 0 Å². The largest absolute Gasteiger partial charge is 0.299 e. The summed E-state index contributed by atoms with van der Waals surface area (Å²) in [6, 6.07) is 8.51. The first-order valence-electron chi connectivity index (χ1n) is 7.47. The van der Waals surface area contributed by atoms with E-state index in [2.05, 4.69) is 52.0 Å². The van der Waals surface area contributed by atoms with Crippen molar-refractivity contribution in [1.82, 2.24) is 0 Å². The summed E-state index contributed by atoms with van der Waals surface area (Å²) in [5.74, 6) is 1.25. The fraction of sp³-hybridized carbons (Fsp3) is 0.611. The second kappa shape index (κ2) is 5.48. The van der Waals surface area contributed by atoms with Crippen LogP contribution in [0.5, 0.6) is 0 Å². The number of benzene rings is 1. The molecule has 1 heteroatoms. The lowest BCUT2D eigenvalue weighted by Gasteiger charge is -2.29. The van der Waals surface area contributed by atoms with Crippen molar-refractivity contribution in [3.05, 3.63) is 35.4 Å². The maximum Gasteiger partial charge on any atom is 0.140 e. The molecule has 0 amide bonds. The van der Waals surface area contributed by atoms with Gasteiger partial charge in [-0.1, -0.05) is 50.6 Å². The zero-order chi connectivity index (χ0) is 14.0. The van der Waals surface area contributed by atoms with Crippen molar-refractivity contribution in [3.8, 4) is 0 Å². The van der Waals surface area contributed by atoms with Crippen LogP contribution in [0.4, 0.5) is 0 Å². The predicted octanol–water partition coefficient (Wildman–Crippen LogP) is 4.88. The van der Waals surface area contributed by atoms with Crippen LogP contribution in [0.1, 0.15) is 63.5 Å². The van der Waals surface area contributed by atoms with Crippen LogP contribution in [-0.4, -0.2) is 5.78 Å². The van der Waals surface area contributed by atoms with E-state index in [1.54, 1.807) is 0 Å². The highest BCUT2D eigenvalue weighted by Crippen LogP contribution is 2.39. The molecule has 0 unspecified atom stereocenters. The van der Waals surface area contributed by atoms with Gasteiger partial charge in [0.25, 0.3) is 0 Å². The topological polar surface area (TPSA) is 17.1 Å². The first-order valence-corrected chi connectivity index (χ1v) is 7.47. The maximum atomic E-state index is 12.4. The molecule has 0 heterocycles. The number of carbonyl (C=O) groups is 1. The lowest BCUT2D eigenvalue weighted by atomic mass is 9.76. The third-order valence-electron chi connectivity index (χ3n) is 4.64. The Bertz CT molecular complexity index is 436. The molecule has 1 nitrogen and oxygen atoms in total. The molecule has 104 valence electrons. The maximum absolute atomic E-state index is 12.4. The highest BCUT2D eigenvalue weighted by atomic mass is 16.1. The van der Waals surface area contributed by atoms with Crippen molar-refractivity contribution in [2.45, 2.75) is 59.3 Å². The van der Waals surface area contributed by atoms with E-state index in [9.17, 15) is 4.79 Å². The molecule has 19 heavy (non-hydrogen) atoms. The lowest BCUT2D eigenvalue weighted by molar-refractivity contribution is -0.120. The standard InChI is InChI=1S/C18H26O/c1-13-5-7-14(8-6-13)16-11-9-15(18(2,3)4)10-12-17(16)19/h5-8,15-16H,9-12H2,1-4H3/t15-,16+/m0/s1. The van der Waals surface area contributed by atoms with E-state index in [0.717, 1.165) is 19.3 Å². The fourth-order valence-electron chi connectivity index (χ4n) is 3.18. The number of rotatable bonds is 1. The minimum absolute atomic E-state index is 0.132. The average molecular weight is 258 g/mol. The molecule has 0 N–H and O–H groups in total. The summed E-state index contributed by atoms with van der Waals surface area (Å²) in [6.45, 7) is 8.99. The molecule has 2 atom stereocenters. The van der Waals surface area contributed by atoms with Crippen LogP contribution in [0.25, 0.3) is 0 Å². The van der Waals surface area contributed by atoms with Crippen LogP contribution in [0, 0.1) is 18.3 Å². The normalized spacial score (nSPS) is 25.2. The van der Waals surface area contributed by atoms with Gasteiger partial charge >= 0.3 is 0 Å². The van der Waals surface area contributed by atoms with Gasteiger partial charge in [0.15, 0.2) is 0 Å². The molecule has 0 bridgehead atoms. The van der Waals surface area contributed by atoms with Gasteiger partial charge in [0.05, 0.1) is 0 Å². The molecule has 1 fully saturated rings. The smallest absolute Gasteiger partial charge is 0.140 e. The summed E-state index contributed by atoms with van der Waals surface area (Å²) in [5.41, 5.74) is 2.80. The van der Waals surface area contributed by atoms with Crippen LogP contribution in [0.2, 0.25) is 0 Å². The molecule has 0 aromatic heterocycles. The van der Waals surface area contributed by atoms with Crippen LogP contribution in [-0.2, 0) is 4.79 Å². The van der Waals surface area contributed by atoms with E-state index in [4.69, 9.17) is 0 Å². The zero-order valence-corrected chi connectivity index (χ0v) is 12.7. The summed E-state index contributed by atoms with van der Waals surface area (Å²) >= 11 is 0. The van der Waals surface area contributed by atoms with E-state index in [1.807, 2.05) is 0 Å². The van der Waals surface area contributed by atoms with Gasteiger partial charge in [-0.15, -0.1) is 0 Å². The highest BCUT2D eigenvalue weighted by molar-refractivity contribution is 5.86. The number of aryl methyl sites for hydroxylation is 1. The Morgan fingerprint density at radius 1 is 1.00 bits per heavy atom. The fourth-order valence-corrected chi connectivity index (χ4v) is 3.18. The number of carbonyl (C=O) groups excluding carboxylic acids is 1. The van der Waals surface area contributed by atoms with Gasteiger partial charge in [0, 0.05) is 12.3 Å². The number of Topliss-reactive ketones (excluding diaryl/α,β-unsaturated/α-hetero) is 1. The average Bonchev–Trinajstić information content (AvgIpc) is 2.52. The number of hydrogen-bond donors (Lipinski definition) is 0. The van der Waals surface area contributed by atoms with E-state index < -0.39 is 0 Å². The molecule has 0 saturated heterocycles. The van der Waals surface area contributed by atoms with Gasteiger partial charge in [-0.2, -0.15) is 0 Å². The summed E-state index contributed by atoms with van der Waals surface area (Å²) in [4.78, 5) is 12.4. The second-order valence-electron chi connectivity index (χ2n) is 7.11. The molecule has 1 saturated carbocycles. The van der Waals surface area contributed by atoms with Gasteiger partial charge in [-0.05, 0) is 43.1 Å². The zero-order valence-electron chi connectivity index (χ0n) is 12.7. The number of hydrogen-bond acceptors (Lipinski definition) is 1. The van der Waals surface area contributed by atoms with E-state index in [-0.39, 0.29) is 5.92 Å². The Morgan fingerprint density at radius 2 is 1.63 bits per heavy atom. The van der Waals surface area contributed by atoms with Crippen molar-refractivity contribution in [2.24, 2.45) is 11.3 Å². The lowest BCUT2D eigenvalue weighted by Crippen LogP contribution is -2.19. The molecule has 1 aliphatic carbocycles. The van der Waals surface area contributed by atoms with Crippen molar-refractivity contribution in [2.75, 3.05) is 0 Å². The molecular formula is C18H26O. The minimum atomic E-state index is 0.132. The molecule has 1 aromatic rings. The molecule has 0 radical (unpaired) electrons. The number of ketones is 1. The van der Waals surface area contributed by atoms with Crippen molar-refractivity contribution >= 4 is 5.78 Å². The first-order chi connectivity index (χ1) is 8.88. The Hall–Kier alpha value is -1.11. The molecule has 0 aliphatic heterocycles. The van der Waals surface area contributed by atoms with E-state index >= 15 is 0 Å².